The maximum Gasteiger partial charge on any atom is 0.00390 e. The highest BCUT2D eigenvalue weighted by Crippen LogP contribution is 2.43. The highest BCUT2D eigenvalue weighted by atomic mass is 14.6. The van der Waals surface area contributed by atoms with Crippen molar-refractivity contribution in [2.24, 2.45) is 29.4 Å². The van der Waals surface area contributed by atoms with E-state index >= 15 is 0 Å². The summed E-state index contributed by atoms with van der Waals surface area (Å²) in [7, 11) is 0. The van der Waals surface area contributed by atoms with Gasteiger partial charge in [-0.2, -0.15) is 0 Å². The molecular formula is C23H43N. The molecule has 2 aliphatic rings. The third-order valence-electron chi connectivity index (χ3n) is 7.48. The minimum absolute atomic E-state index is 0.486. The molecule has 0 aliphatic heterocycles. The maximum atomic E-state index is 6.17. The first kappa shape index (κ1) is 20.0. The van der Waals surface area contributed by atoms with E-state index in [0.29, 0.717) is 6.04 Å². The van der Waals surface area contributed by atoms with Crippen LogP contribution in [0.1, 0.15) is 105 Å². The van der Waals surface area contributed by atoms with Crippen molar-refractivity contribution in [2.45, 2.75) is 111 Å². The number of allylic oxidation sites excluding steroid dienone is 2. The van der Waals surface area contributed by atoms with Gasteiger partial charge < -0.3 is 5.73 Å². The Morgan fingerprint density at radius 3 is 1.83 bits per heavy atom. The second kappa shape index (κ2) is 10.00. The lowest BCUT2D eigenvalue weighted by Gasteiger charge is -2.37. The zero-order valence-electron chi connectivity index (χ0n) is 16.9. The van der Waals surface area contributed by atoms with Crippen molar-refractivity contribution in [2.75, 3.05) is 0 Å². The van der Waals surface area contributed by atoms with E-state index < -0.39 is 0 Å². The van der Waals surface area contributed by atoms with Gasteiger partial charge in [-0.25, -0.2) is 0 Å². The lowest BCUT2D eigenvalue weighted by atomic mass is 9.69. The lowest BCUT2D eigenvalue weighted by molar-refractivity contribution is 0.186. The molecule has 2 unspecified atom stereocenters. The molecule has 24 heavy (non-hydrogen) atoms. The molecular weight excluding hydrogens is 290 g/mol. The molecule has 0 amide bonds. The average molecular weight is 334 g/mol. The van der Waals surface area contributed by atoms with E-state index in [4.69, 9.17) is 5.73 Å². The fraction of sp³-hybridized carbons (Fsp3) is 0.913. The molecule has 0 aromatic heterocycles. The van der Waals surface area contributed by atoms with E-state index in [2.05, 4.69) is 27.7 Å². The Labute approximate surface area is 151 Å². The largest absolute Gasteiger partial charge is 0.328 e. The molecule has 0 bridgehead atoms. The summed E-state index contributed by atoms with van der Waals surface area (Å²) >= 11 is 0. The zero-order chi connectivity index (χ0) is 17.5. The zero-order valence-corrected chi connectivity index (χ0v) is 16.9. The molecule has 0 aromatic rings. The van der Waals surface area contributed by atoms with Gasteiger partial charge in [-0.1, -0.05) is 51.7 Å². The predicted molar refractivity (Wildman–Crippen MR) is 107 cm³/mol. The monoisotopic (exact) mass is 333 g/mol. The van der Waals surface area contributed by atoms with Gasteiger partial charge in [0, 0.05) is 6.04 Å². The van der Waals surface area contributed by atoms with Gasteiger partial charge >= 0.3 is 0 Å². The lowest BCUT2D eigenvalue weighted by Crippen LogP contribution is -2.31. The van der Waals surface area contributed by atoms with Crippen LogP contribution in [0.25, 0.3) is 0 Å². The van der Waals surface area contributed by atoms with Crippen molar-refractivity contribution in [1.82, 2.24) is 0 Å². The van der Waals surface area contributed by atoms with Crippen LogP contribution in [0, 0.1) is 23.7 Å². The van der Waals surface area contributed by atoms with E-state index in [1.54, 1.807) is 0 Å². The molecule has 0 spiro atoms. The summed E-state index contributed by atoms with van der Waals surface area (Å²) in [4.78, 5) is 0. The first-order valence-corrected chi connectivity index (χ1v) is 11.1. The van der Waals surface area contributed by atoms with Gasteiger partial charge in [0.25, 0.3) is 0 Å². The van der Waals surface area contributed by atoms with Crippen molar-refractivity contribution in [1.29, 1.82) is 0 Å². The molecule has 140 valence electrons. The van der Waals surface area contributed by atoms with Crippen LogP contribution in [0.15, 0.2) is 11.1 Å². The van der Waals surface area contributed by atoms with Gasteiger partial charge in [-0.05, 0) is 87.9 Å². The highest BCUT2D eigenvalue weighted by Gasteiger charge is 2.31. The Morgan fingerprint density at radius 1 is 0.750 bits per heavy atom. The smallest absolute Gasteiger partial charge is 0.00390 e. The number of rotatable bonds is 6. The molecule has 2 rings (SSSR count). The summed E-state index contributed by atoms with van der Waals surface area (Å²) in [6.45, 7) is 9.60. The van der Waals surface area contributed by atoms with Crippen molar-refractivity contribution in [3.63, 3.8) is 0 Å². The van der Waals surface area contributed by atoms with Gasteiger partial charge in [0.2, 0.25) is 0 Å². The highest BCUT2D eigenvalue weighted by molar-refractivity contribution is 5.16. The minimum Gasteiger partial charge on any atom is -0.328 e. The summed E-state index contributed by atoms with van der Waals surface area (Å²) in [5, 5.41) is 0. The average Bonchev–Trinajstić information content (AvgIpc) is 2.59. The molecule has 2 N–H and O–H groups in total. The van der Waals surface area contributed by atoms with E-state index in [-0.39, 0.29) is 0 Å². The molecule has 0 saturated heterocycles. The van der Waals surface area contributed by atoms with Crippen LogP contribution in [0.2, 0.25) is 0 Å². The Bertz CT molecular complexity index is 385. The van der Waals surface area contributed by atoms with Crippen LogP contribution in [-0.4, -0.2) is 6.04 Å². The van der Waals surface area contributed by atoms with Crippen molar-refractivity contribution in [3.8, 4) is 0 Å². The van der Waals surface area contributed by atoms with Crippen LogP contribution in [-0.2, 0) is 0 Å². The van der Waals surface area contributed by atoms with Crippen molar-refractivity contribution >= 4 is 0 Å². The van der Waals surface area contributed by atoms with Gasteiger partial charge in [0.1, 0.15) is 0 Å². The Hall–Kier alpha value is -0.300. The van der Waals surface area contributed by atoms with Crippen molar-refractivity contribution < 1.29 is 0 Å². The summed E-state index contributed by atoms with van der Waals surface area (Å²) in [5.41, 5.74) is 9.82. The maximum absolute atomic E-state index is 6.17. The van der Waals surface area contributed by atoms with E-state index in [1.807, 2.05) is 11.1 Å². The molecule has 0 radical (unpaired) electrons. The quantitative estimate of drug-likeness (QED) is 0.528. The molecule has 0 heterocycles. The molecule has 1 fully saturated rings. The Morgan fingerprint density at radius 2 is 1.29 bits per heavy atom. The normalized spacial score (nSPS) is 35.8. The van der Waals surface area contributed by atoms with Gasteiger partial charge in [-0.3, -0.25) is 0 Å². The Balaban J connectivity index is 2.17. The second-order valence-corrected chi connectivity index (χ2v) is 8.67. The summed E-state index contributed by atoms with van der Waals surface area (Å²) < 4.78 is 0. The number of nitrogens with two attached hydrogens (primary N) is 1. The number of hydrogen-bond donors (Lipinski definition) is 1. The molecule has 2 atom stereocenters. The van der Waals surface area contributed by atoms with Gasteiger partial charge in [0.05, 0.1) is 0 Å². The van der Waals surface area contributed by atoms with E-state index in [9.17, 15) is 0 Å². The molecule has 1 nitrogen and oxygen atoms in total. The molecule has 2 aliphatic carbocycles. The SMILES string of the molecule is CC/C1=C(/CC)CC(C2CCC(N)CC2)CCC(C(CC)CC)C1. The van der Waals surface area contributed by atoms with Crippen LogP contribution < -0.4 is 5.73 Å². The van der Waals surface area contributed by atoms with E-state index in [0.717, 1.165) is 23.7 Å². The third kappa shape index (κ3) is 5.10. The molecule has 1 saturated carbocycles. The molecule has 0 aromatic carbocycles. The summed E-state index contributed by atoms with van der Waals surface area (Å²) in [6.07, 6.45) is 16.3. The van der Waals surface area contributed by atoms with Crippen LogP contribution in [0.5, 0.6) is 0 Å². The van der Waals surface area contributed by atoms with Crippen molar-refractivity contribution in [3.05, 3.63) is 11.1 Å². The van der Waals surface area contributed by atoms with Crippen LogP contribution >= 0.6 is 0 Å². The predicted octanol–water partition coefficient (Wildman–Crippen LogP) is 6.86. The second-order valence-electron chi connectivity index (χ2n) is 8.67. The Kier molecular flexibility index (Phi) is 8.34. The fourth-order valence-electron chi connectivity index (χ4n) is 5.72. The summed E-state index contributed by atoms with van der Waals surface area (Å²) in [5.74, 6) is 3.75. The first-order chi connectivity index (χ1) is 11.6. The number of hydrogen-bond acceptors (Lipinski definition) is 1. The van der Waals surface area contributed by atoms with Crippen LogP contribution in [0.4, 0.5) is 0 Å². The fourth-order valence-corrected chi connectivity index (χ4v) is 5.72. The minimum atomic E-state index is 0.486. The standard InChI is InChI=1S/C23H43N/c1-5-17(6-2)21-9-10-22(20-11-13-23(24)14-12-20)16-19(8-4)18(7-3)15-21/h17,20-23H,5-16,24H2,1-4H3/b19-18+. The van der Waals surface area contributed by atoms with Crippen LogP contribution in [0.3, 0.4) is 0 Å². The van der Waals surface area contributed by atoms with Gasteiger partial charge in [0.15, 0.2) is 0 Å². The summed E-state index contributed by atoms with van der Waals surface area (Å²) in [6, 6.07) is 0.486. The van der Waals surface area contributed by atoms with Gasteiger partial charge in [-0.15, -0.1) is 0 Å². The first-order valence-electron chi connectivity index (χ1n) is 11.1. The topological polar surface area (TPSA) is 26.0 Å². The van der Waals surface area contributed by atoms with E-state index in [1.165, 1.54) is 77.0 Å². The third-order valence-corrected chi connectivity index (χ3v) is 7.48. The molecule has 1 heteroatoms.